The topological polar surface area (TPSA) is 110 Å². The average Bonchev–Trinajstić information content (AvgIpc) is 2.94. The molecule has 0 atom stereocenters. The number of hydrogen-bond donors (Lipinski definition) is 3. The number of fused-ring (bicyclic) bond motifs is 1. The Balaban J connectivity index is 2.06. The number of anilines is 1. The summed E-state index contributed by atoms with van der Waals surface area (Å²) in [6.07, 6.45) is 3.98. The second kappa shape index (κ2) is 4.16. The smallest absolute Gasteiger partial charge is 0.223 e. The molecule has 0 saturated heterocycles. The normalized spacial score (nSPS) is 19.2. The SMILES string of the molecule is Nc1nc(Cl)c2ncn(/C=C3\CC3(CO)CO)c2n1. The molecule has 0 aliphatic heterocycles. The van der Waals surface area contributed by atoms with Crippen LogP contribution in [-0.4, -0.2) is 42.9 Å². The molecule has 7 nitrogen and oxygen atoms in total. The molecule has 0 amide bonds. The van der Waals surface area contributed by atoms with Crippen molar-refractivity contribution in [2.75, 3.05) is 18.9 Å². The van der Waals surface area contributed by atoms with Gasteiger partial charge in [-0.15, -0.1) is 0 Å². The Hall–Kier alpha value is -1.70. The molecule has 1 aliphatic rings. The van der Waals surface area contributed by atoms with E-state index in [1.165, 1.54) is 0 Å². The minimum Gasteiger partial charge on any atom is -0.395 e. The van der Waals surface area contributed by atoms with Gasteiger partial charge < -0.3 is 15.9 Å². The Bertz CT molecular complexity index is 677. The first kappa shape index (κ1) is 12.3. The van der Waals surface area contributed by atoms with E-state index in [9.17, 15) is 10.2 Å². The number of imidazole rings is 1. The van der Waals surface area contributed by atoms with Gasteiger partial charge in [0.15, 0.2) is 10.8 Å². The highest BCUT2D eigenvalue weighted by atomic mass is 35.5. The maximum Gasteiger partial charge on any atom is 0.223 e. The van der Waals surface area contributed by atoms with E-state index < -0.39 is 5.41 Å². The van der Waals surface area contributed by atoms with Crippen molar-refractivity contribution in [2.24, 2.45) is 5.41 Å². The number of halogens is 1. The van der Waals surface area contributed by atoms with Crippen molar-refractivity contribution in [3.63, 3.8) is 0 Å². The van der Waals surface area contributed by atoms with Gasteiger partial charge in [-0.2, -0.15) is 9.97 Å². The van der Waals surface area contributed by atoms with Crippen molar-refractivity contribution in [1.29, 1.82) is 0 Å². The van der Waals surface area contributed by atoms with Gasteiger partial charge in [0.25, 0.3) is 0 Å². The quantitative estimate of drug-likeness (QED) is 0.697. The van der Waals surface area contributed by atoms with E-state index in [1.54, 1.807) is 17.1 Å². The van der Waals surface area contributed by atoms with Crippen LogP contribution in [-0.2, 0) is 0 Å². The molecule has 0 bridgehead atoms. The highest BCUT2D eigenvalue weighted by Gasteiger charge is 2.48. The van der Waals surface area contributed by atoms with Crippen molar-refractivity contribution in [3.05, 3.63) is 17.1 Å². The number of nitrogens with two attached hydrogens (primary N) is 1. The van der Waals surface area contributed by atoms with Gasteiger partial charge in [0.2, 0.25) is 5.95 Å². The lowest BCUT2D eigenvalue weighted by atomic mass is 10.1. The summed E-state index contributed by atoms with van der Waals surface area (Å²) >= 11 is 5.93. The van der Waals surface area contributed by atoms with Crippen LogP contribution in [0.3, 0.4) is 0 Å². The highest BCUT2D eigenvalue weighted by molar-refractivity contribution is 6.33. The number of nitrogen functional groups attached to an aromatic ring is 1. The third-order valence-electron chi connectivity index (χ3n) is 3.38. The average molecular weight is 282 g/mol. The molecular formula is C11H12ClN5O2. The molecule has 100 valence electrons. The van der Waals surface area contributed by atoms with Gasteiger partial charge in [-0.05, 0) is 12.0 Å². The van der Waals surface area contributed by atoms with Crippen molar-refractivity contribution >= 4 is 34.9 Å². The molecule has 1 aliphatic carbocycles. The number of aliphatic hydroxyl groups excluding tert-OH is 2. The molecule has 2 heterocycles. The summed E-state index contributed by atoms with van der Waals surface area (Å²) in [5, 5.41) is 18.7. The lowest BCUT2D eigenvalue weighted by Crippen LogP contribution is -2.12. The molecule has 2 aromatic heterocycles. The summed E-state index contributed by atoms with van der Waals surface area (Å²) in [5.74, 6) is 0.0732. The van der Waals surface area contributed by atoms with E-state index in [0.717, 1.165) is 5.57 Å². The Morgan fingerprint density at radius 1 is 1.42 bits per heavy atom. The van der Waals surface area contributed by atoms with E-state index in [0.29, 0.717) is 17.6 Å². The van der Waals surface area contributed by atoms with Crippen LogP contribution in [0.2, 0.25) is 5.15 Å². The molecule has 0 radical (unpaired) electrons. The van der Waals surface area contributed by atoms with Crippen LogP contribution < -0.4 is 5.73 Å². The second-order valence-electron chi connectivity index (χ2n) is 4.62. The Morgan fingerprint density at radius 2 is 2.16 bits per heavy atom. The lowest BCUT2D eigenvalue weighted by Gasteiger charge is -2.05. The maximum atomic E-state index is 9.26. The zero-order chi connectivity index (χ0) is 13.6. The Labute approximate surface area is 113 Å². The van der Waals surface area contributed by atoms with Crippen LogP contribution in [0, 0.1) is 5.41 Å². The predicted octanol–water partition coefficient (Wildman–Crippen LogP) is 0.277. The molecule has 0 aromatic carbocycles. The van der Waals surface area contributed by atoms with Gasteiger partial charge in [0, 0.05) is 11.6 Å². The fourth-order valence-electron chi connectivity index (χ4n) is 2.03. The molecule has 19 heavy (non-hydrogen) atoms. The first-order valence-corrected chi connectivity index (χ1v) is 6.06. The Morgan fingerprint density at radius 3 is 2.79 bits per heavy atom. The molecule has 0 unspecified atom stereocenters. The summed E-state index contributed by atoms with van der Waals surface area (Å²) in [6.45, 7) is -0.167. The summed E-state index contributed by atoms with van der Waals surface area (Å²) in [4.78, 5) is 12.0. The van der Waals surface area contributed by atoms with E-state index in [1.807, 2.05) is 0 Å². The first-order chi connectivity index (χ1) is 9.09. The monoisotopic (exact) mass is 281 g/mol. The Kier molecular flexibility index (Phi) is 2.70. The number of aliphatic hydroxyl groups is 2. The largest absolute Gasteiger partial charge is 0.395 e. The van der Waals surface area contributed by atoms with Gasteiger partial charge >= 0.3 is 0 Å². The molecule has 3 rings (SSSR count). The van der Waals surface area contributed by atoms with Crippen LogP contribution in [0.5, 0.6) is 0 Å². The van der Waals surface area contributed by atoms with Gasteiger partial charge in [0.1, 0.15) is 11.8 Å². The number of rotatable bonds is 3. The van der Waals surface area contributed by atoms with E-state index in [-0.39, 0.29) is 24.3 Å². The highest BCUT2D eigenvalue weighted by Crippen LogP contribution is 2.51. The van der Waals surface area contributed by atoms with E-state index >= 15 is 0 Å². The van der Waals surface area contributed by atoms with Gasteiger partial charge in [-0.3, -0.25) is 4.57 Å². The van der Waals surface area contributed by atoms with Crippen molar-refractivity contribution < 1.29 is 10.2 Å². The first-order valence-electron chi connectivity index (χ1n) is 5.68. The zero-order valence-electron chi connectivity index (χ0n) is 9.91. The van der Waals surface area contributed by atoms with E-state index in [2.05, 4.69) is 15.0 Å². The minimum atomic E-state index is -0.515. The standard InChI is InChI=1S/C11H12ClN5O2/c12-8-7-9(16-10(13)15-8)17(5-14-7)2-6-1-11(6,3-18)4-19/h2,5,18-19H,1,3-4H2,(H2,13,15,16)/b6-2+. The third-order valence-corrected chi connectivity index (χ3v) is 3.64. The summed E-state index contributed by atoms with van der Waals surface area (Å²) in [5.41, 5.74) is 6.94. The number of hydrogen-bond acceptors (Lipinski definition) is 6. The van der Waals surface area contributed by atoms with Crippen LogP contribution in [0.15, 0.2) is 11.9 Å². The summed E-state index contributed by atoms with van der Waals surface area (Å²) in [6, 6.07) is 0. The van der Waals surface area contributed by atoms with E-state index in [4.69, 9.17) is 17.3 Å². The molecule has 0 spiro atoms. The molecule has 1 saturated carbocycles. The van der Waals surface area contributed by atoms with Crippen LogP contribution in [0.1, 0.15) is 6.42 Å². The van der Waals surface area contributed by atoms with Gasteiger partial charge in [0.05, 0.1) is 13.2 Å². The van der Waals surface area contributed by atoms with Crippen molar-refractivity contribution in [3.8, 4) is 0 Å². The molecule has 4 N–H and O–H groups in total. The van der Waals surface area contributed by atoms with Crippen LogP contribution in [0.4, 0.5) is 5.95 Å². The van der Waals surface area contributed by atoms with Crippen LogP contribution in [0.25, 0.3) is 17.4 Å². The predicted molar refractivity (Wildman–Crippen MR) is 70.2 cm³/mol. The fraction of sp³-hybridized carbons (Fsp3) is 0.364. The minimum absolute atomic E-state index is 0.0732. The fourth-order valence-corrected chi connectivity index (χ4v) is 2.25. The third kappa shape index (κ3) is 1.86. The molecule has 8 heteroatoms. The molecule has 2 aromatic rings. The number of aromatic nitrogens is 4. The molecule has 1 fully saturated rings. The maximum absolute atomic E-state index is 9.26. The molecular weight excluding hydrogens is 270 g/mol. The second-order valence-corrected chi connectivity index (χ2v) is 4.98. The summed E-state index contributed by atoms with van der Waals surface area (Å²) < 4.78 is 1.67. The lowest BCUT2D eigenvalue weighted by molar-refractivity contribution is 0.143. The van der Waals surface area contributed by atoms with Gasteiger partial charge in [-0.1, -0.05) is 11.6 Å². The number of nitrogens with zero attached hydrogens (tertiary/aromatic N) is 4. The summed E-state index contributed by atoms with van der Waals surface area (Å²) in [7, 11) is 0. The van der Waals surface area contributed by atoms with Crippen LogP contribution >= 0.6 is 11.6 Å². The van der Waals surface area contributed by atoms with Crippen molar-refractivity contribution in [2.45, 2.75) is 6.42 Å². The van der Waals surface area contributed by atoms with Gasteiger partial charge in [-0.25, -0.2) is 4.98 Å². The van der Waals surface area contributed by atoms with Crippen molar-refractivity contribution in [1.82, 2.24) is 19.5 Å². The zero-order valence-corrected chi connectivity index (χ0v) is 10.7.